The molecule has 2 N–H and O–H groups in total. The predicted octanol–water partition coefficient (Wildman–Crippen LogP) is 1.41. The first-order chi connectivity index (χ1) is 10.0. The Morgan fingerprint density at radius 3 is 2.81 bits per heavy atom. The fourth-order valence-corrected chi connectivity index (χ4v) is 1.75. The Hall–Kier alpha value is -2.97. The van der Waals surface area contributed by atoms with Crippen molar-refractivity contribution in [2.45, 2.75) is 6.92 Å². The van der Waals surface area contributed by atoms with Crippen LogP contribution >= 0.6 is 0 Å². The van der Waals surface area contributed by atoms with Crippen molar-refractivity contribution < 1.29 is 9.72 Å². The van der Waals surface area contributed by atoms with E-state index < -0.39 is 10.8 Å². The maximum Gasteiger partial charge on any atom is 0.292 e. The Morgan fingerprint density at radius 1 is 1.48 bits per heavy atom. The van der Waals surface area contributed by atoms with Crippen LogP contribution in [0.15, 0.2) is 24.5 Å². The van der Waals surface area contributed by atoms with Crippen LogP contribution in [0, 0.1) is 10.1 Å². The lowest BCUT2D eigenvalue weighted by atomic mass is 10.1. The van der Waals surface area contributed by atoms with Crippen LogP contribution in [0.3, 0.4) is 0 Å². The summed E-state index contributed by atoms with van der Waals surface area (Å²) in [6.45, 7) is 2.32. The van der Waals surface area contributed by atoms with E-state index in [0.29, 0.717) is 23.7 Å². The van der Waals surface area contributed by atoms with Crippen molar-refractivity contribution in [3.63, 3.8) is 0 Å². The quantitative estimate of drug-likeness (QED) is 0.635. The fraction of sp³-hybridized carbons (Fsp3) is 0.250. The molecule has 0 aliphatic heterocycles. The Labute approximate surface area is 120 Å². The second-order valence-corrected chi connectivity index (χ2v) is 4.18. The van der Waals surface area contributed by atoms with Gasteiger partial charge in [-0.15, -0.1) is 0 Å². The molecule has 110 valence electrons. The molecule has 0 radical (unpaired) electrons. The number of hydrogen-bond acceptors (Lipinski definition) is 6. The molecule has 0 saturated heterocycles. The molecule has 0 spiro atoms. The molecular weight excluding hydrogens is 276 g/mol. The number of benzene rings is 1. The van der Waals surface area contributed by atoms with Gasteiger partial charge in [0, 0.05) is 25.2 Å². The minimum absolute atomic E-state index is 0.0768. The highest BCUT2D eigenvalue weighted by Gasteiger charge is 2.17. The highest BCUT2D eigenvalue weighted by molar-refractivity contribution is 6.04. The highest BCUT2D eigenvalue weighted by atomic mass is 16.6. The van der Waals surface area contributed by atoms with Gasteiger partial charge in [0.25, 0.3) is 11.6 Å². The predicted molar refractivity (Wildman–Crippen MR) is 76.2 cm³/mol. The van der Waals surface area contributed by atoms with Gasteiger partial charge >= 0.3 is 0 Å². The van der Waals surface area contributed by atoms with E-state index in [1.807, 2.05) is 6.92 Å². The van der Waals surface area contributed by atoms with Gasteiger partial charge in [0.15, 0.2) is 0 Å². The molecule has 2 rings (SSSR count). The number of carbonyl (C=O) groups excluding carboxylic acids is 1. The third-order valence-corrected chi connectivity index (χ3v) is 2.76. The van der Waals surface area contributed by atoms with E-state index in [1.54, 1.807) is 7.05 Å². The summed E-state index contributed by atoms with van der Waals surface area (Å²) in [5.41, 5.74) is 0.514. The van der Waals surface area contributed by atoms with Crippen molar-refractivity contribution in [1.29, 1.82) is 0 Å². The minimum atomic E-state index is -0.498. The molecule has 0 bridgehead atoms. The topological polar surface area (TPSA) is 115 Å². The second-order valence-electron chi connectivity index (χ2n) is 4.18. The molecule has 0 saturated carbocycles. The smallest absolute Gasteiger partial charge is 0.292 e. The van der Waals surface area contributed by atoms with Crippen molar-refractivity contribution in [2.24, 2.45) is 7.05 Å². The summed E-state index contributed by atoms with van der Waals surface area (Å²) in [4.78, 5) is 26.4. The van der Waals surface area contributed by atoms with Crippen molar-refractivity contribution in [2.75, 3.05) is 17.2 Å². The third-order valence-electron chi connectivity index (χ3n) is 2.76. The number of rotatable bonds is 5. The van der Waals surface area contributed by atoms with Crippen LogP contribution in [0.2, 0.25) is 0 Å². The number of aromatic nitrogens is 3. The summed E-state index contributed by atoms with van der Waals surface area (Å²) in [6, 6.07) is 4.13. The number of nitrogens with one attached hydrogen (secondary N) is 2. The molecule has 0 fully saturated rings. The van der Waals surface area contributed by atoms with Crippen LogP contribution in [0.4, 0.5) is 17.3 Å². The monoisotopic (exact) mass is 290 g/mol. The molecule has 0 unspecified atom stereocenters. The van der Waals surface area contributed by atoms with E-state index in [-0.39, 0.29) is 5.69 Å². The summed E-state index contributed by atoms with van der Waals surface area (Å²) in [7, 11) is 1.64. The Bertz CT molecular complexity index is 681. The zero-order chi connectivity index (χ0) is 15.4. The lowest BCUT2D eigenvalue weighted by molar-refractivity contribution is -0.384. The number of amides is 1. The van der Waals surface area contributed by atoms with E-state index in [4.69, 9.17) is 0 Å². The molecule has 1 amide bonds. The molecule has 1 aromatic heterocycles. The summed E-state index contributed by atoms with van der Waals surface area (Å²) in [5.74, 6) is -0.122. The SMILES string of the molecule is CCNc1cc(C(=O)Nc2ncnn2C)ccc1[N+](=O)[O-]. The Kier molecular flexibility index (Phi) is 4.12. The molecule has 9 nitrogen and oxygen atoms in total. The van der Waals surface area contributed by atoms with Crippen LogP contribution < -0.4 is 10.6 Å². The van der Waals surface area contributed by atoms with Crippen LogP contribution in [-0.4, -0.2) is 32.1 Å². The number of nitro benzene ring substituents is 1. The van der Waals surface area contributed by atoms with Gasteiger partial charge in [-0.25, -0.2) is 4.68 Å². The van der Waals surface area contributed by atoms with E-state index >= 15 is 0 Å². The van der Waals surface area contributed by atoms with Crippen LogP contribution in [0.5, 0.6) is 0 Å². The van der Waals surface area contributed by atoms with Gasteiger partial charge in [0.05, 0.1) is 4.92 Å². The number of hydrogen-bond donors (Lipinski definition) is 2. The molecule has 0 aliphatic rings. The largest absolute Gasteiger partial charge is 0.380 e. The summed E-state index contributed by atoms with van der Waals surface area (Å²) in [5, 5.41) is 20.2. The van der Waals surface area contributed by atoms with E-state index in [9.17, 15) is 14.9 Å². The van der Waals surface area contributed by atoms with Crippen LogP contribution in [-0.2, 0) is 7.05 Å². The van der Waals surface area contributed by atoms with E-state index in [2.05, 4.69) is 20.7 Å². The van der Waals surface area contributed by atoms with Gasteiger partial charge in [-0.1, -0.05) is 0 Å². The molecule has 9 heteroatoms. The van der Waals surface area contributed by atoms with E-state index in [0.717, 1.165) is 0 Å². The lowest BCUT2D eigenvalue weighted by Crippen LogP contribution is -2.16. The molecule has 1 aromatic carbocycles. The van der Waals surface area contributed by atoms with Gasteiger partial charge in [0.1, 0.15) is 12.0 Å². The normalized spacial score (nSPS) is 10.2. The lowest BCUT2D eigenvalue weighted by Gasteiger charge is -2.08. The van der Waals surface area contributed by atoms with Gasteiger partial charge < -0.3 is 5.32 Å². The van der Waals surface area contributed by atoms with Crippen molar-refractivity contribution in [1.82, 2.24) is 14.8 Å². The van der Waals surface area contributed by atoms with Crippen molar-refractivity contribution in [3.8, 4) is 0 Å². The third kappa shape index (κ3) is 3.14. The first kappa shape index (κ1) is 14.4. The van der Waals surface area contributed by atoms with Crippen molar-refractivity contribution >= 4 is 23.2 Å². The molecule has 1 heterocycles. The fourth-order valence-electron chi connectivity index (χ4n) is 1.75. The highest BCUT2D eigenvalue weighted by Crippen LogP contribution is 2.25. The van der Waals surface area contributed by atoms with Gasteiger partial charge in [0.2, 0.25) is 5.95 Å². The molecule has 0 aliphatic carbocycles. The van der Waals surface area contributed by atoms with E-state index in [1.165, 1.54) is 29.2 Å². The summed E-state index contributed by atoms with van der Waals surface area (Å²) < 4.78 is 1.41. The number of anilines is 2. The average Bonchev–Trinajstić information content (AvgIpc) is 2.84. The maximum atomic E-state index is 12.1. The van der Waals surface area contributed by atoms with Crippen molar-refractivity contribution in [3.05, 3.63) is 40.2 Å². The Morgan fingerprint density at radius 2 is 2.24 bits per heavy atom. The first-order valence-electron chi connectivity index (χ1n) is 6.20. The number of carbonyl (C=O) groups is 1. The maximum absolute atomic E-state index is 12.1. The second kappa shape index (κ2) is 5.99. The molecular formula is C12H14N6O3. The summed E-state index contributed by atoms with van der Waals surface area (Å²) >= 11 is 0. The first-order valence-corrected chi connectivity index (χ1v) is 6.20. The van der Waals surface area contributed by atoms with Crippen LogP contribution in [0.1, 0.15) is 17.3 Å². The molecule has 0 atom stereocenters. The Balaban J connectivity index is 2.27. The zero-order valence-corrected chi connectivity index (χ0v) is 11.5. The summed E-state index contributed by atoms with van der Waals surface area (Å²) in [6.07, 6.45) is 1.31. The number of aryl methyl sites for hydroxylation is 1. The minimum Gasteiger partial charge on any atom is -0.380 e. The zero-order valence-electron chi connectivity index (χ0n) is 11.5. The standard InChI is InChI=1S/C12H14N6O3/c1-3-13-9-6-8(4-5-10(9)18(20)21)11(19)16-12-14-7-15-17(12)2/h4-7,13H,3H2,1-2H3,(H,14,15,16,19). The van der Waals surface area contributed by atoms with Gasteiger partial charge in [-0.2, -0.15) is 10.1 Å². The van der Waals surface area contributed by atoms with Gasteiger partial charge in [-0.05, 0) is 19.1 Å². The van der Waals surface area contributed by atoms with Crippen LogP contribution in [0.25, 0.3) is 0 Å². The number of nitro groups is 1. The molecule has 21 heavy (non-hydrogen) atoms. The molecule has 2 aromatic rings. The average molecular weight is 290 g/mol. The van der Waals surface area contributed by atoms with Gasteiger partial charge in [-0.3, -0.25) is 20.2 Å². The number of nitrogens with zero attached hydrogens (tertiary/aromatic N) is 4.